The van der Waals surface area contributed by atoms with Crippen LogP contribution in [0.2, 0.25) is 0 Å². The van der Waals surface area contributed by atoms with E-state index in [9.17, 15) is 14.4 Å². The number of hydrogen-bond donors (Lipinski definition) is 1. The number of imidazole rings is 1. The van der Waals surface area contributed by atoms with Gasteiger partial charge < -0.3 is 14.6 Å². The van der Waals surface area contributed by atoms with E-state index in [4.69, 9.17) is 9.26 Å². The lowest BCUT2D eigenvalue weighted by Gasteiger charge is -2.05. The molecule has 9 heteroatoms. The molecule has 0 radical (unpaired) electrons. The number of benzene rings is 1. The first-order chi connectivity index (χ1) is 13.0. The first-order valence-electron chi connectivity index (χ1n) is 8.56. The predicted molar refractivity (Wildman–Crippen MR) is 97.3 cm³/mol. The molecule has 1 aromatic carbocycles. The summed E-state index contributed by atoms with van der Waals surface area (Å²) in [6.07, 6.45) is 0.792. The molecule has 0 aliphatic heterocycles. The predicted octanol–water partition coefficient (Wildman–Crippen LogP) is 1.69. The smallest absolute Gasteiger partial charge is 0.329 e. The summed E-state index contributed by atoms with van der Waals surface area (Å²) in [7, 11) is 0. The van der Waals surface area contributed by atoms with Crippen molar-refractivity contribution >= 4 is 28.7 Å². The van der Waals surface area contributed by atoms with Crippen molar-refractivity contribution in [3.05, 3.63) is 46.6 Å². The van der Waals surface area contributed by atoms with Crippen molar-refractivity contribution in [1.29, 1.82) is 0 Å². The number of rotatable bonds is 7. The zero-order chi connectivity index (χ0) is 19.4. The van der Waals surface area contributed by atoms with Gasteiger partial charge in [-0.1, -0.05) is 24.2 Å². The number of hydrogen-bond acceptors (Lipinski definition) is 6. The third-order valence-corrected chi connectivity index (χ3v) is 3.92. The van der Waals surface area contributed by atoms with Gasteiger partial charge in [0.05, 0.1) is 11.0 Å². The van der Waals surface area contributed by atoms with Crippen molar-refractivity contribution in [2.24, 2.45) is 0 Å². The molecule has 0 atom stereocenters. The van der Waals surface area contributed by atoms with E-state index in [1.54, 1.807) is 29.7 Å². The molecule has 3 rings (SSSR count). The largest absolute Gasteiger partial charge is 0.454 e. The molecule has 0 aliphatic carbocycles. The first-order valence-corrected chi connectivity index (χ1v) is 8.56. The number of anilines is 1. The summed E-state index contributed by atoms with van der Waals surface area (Å²) in [5.74, 6) is -0.432. The summed E-state index contributed by atoms with van der Waals surface area (Å²) in [6.45, 7) is 3.47. The van der Waals surface area contributed by atoms with Gasteiger partial charge >= 0.3 is 11.7 Å². The number of nitrogens with one attached hydrogen (secondary N) is 1. The fraction of sp³-hybridized carbons (Fsp3) is 0.333. The molecule has 0 bridgehead atoms. The zero-order valence-electron chi connectivity index (χ0n) is 15.1. The Labute approximate surface area is 154 Å². The van der Waals surface area contributed by atoms with Gasteiger partial charge in [0.2, 0.25) is 0 Å². The maximum absolute atomic E-state index is 12.6. The molecule has 9 nitrogen and oxygen atoms in total. The van der Waals surface area contributed by atoms with Crippen LogP contribution in [0.5, 0.6) is 0 Å². The molecule has 0 saturated carbocycles. The highest BCUT2D eigenvalue weighted by atomic mass is 16.5. The fourth-order valence-electron chi connectivity index (χ4n) is 2.79. The molecule has 27 heavy (non-hydrogen) atoms. The van der Waals surface area contributed by atoms with E-state index in [0.717, 1.165) is 11.9 Å². The number of ether oxygens (including phenoxy) is 1. The quantitative estimate of drug-likeness (QED) is 0.632. The summed E-state index contributed by atoms with van der Waals surface area (Å²) >= 11 is 0. The summed E-state index contributed by atoms with van der Waals surface area (Å²) < 4.78 is 12.8. The van der Waals surface area contributed by atoms with E-state index in [2.05, 4.69) is 10.5 Å². The SMILES string of the molecule is CCCn1c(=O)n(CC(=O)OCC(=O)Nc2cc(C)on2)c2ccccc21. The average Bonchev–Trinajstić information content (AvgIpc) is 3.17. The molecule has 2 heterocycles. The van der Waals surface area contributed by atoms with E-state index in [1.807, 2.05) is 19.1 Å². The Morgan fingerprint density at radius 2 is 1.93 bits per heavy atom. The van der Waals surface area contributed by atoms with Crippen LogP contribution in [0.15, 0.2) is 39.6 Å². The van der Waals surface area contributed by atoms with Gasteiger partial charge in [0.1, 0.15) is 12.3 Å². The molecule has 142 valence electrons. The monoisotopic (exact) mass is 372 g/mol. The van der Waals surface area contributed by atoms with Gasteiger partial charge in [0, 0.05) is 12.6 Å². The standard InChI is InChI=1S/C18H20N4O5/c1-3-8-21-13-6-4-5-7-14(13)22(18(21)25)10-17(24)26-11-16(23)19-15-9-12(2)27-20-15/h4-7,9H,3,8,10-11H2,1-2H3,(H,19,20,23). The lowest BCUT2D eigenvalue weighted by molar-refractivity contribution is -0.147. The van der Waals surface area contributed by atoms with Crippen LogP contribution in [0, 0.1) is 6.92 Å². The van der Waals surface area contributed by atoms with E-state index >= 15 is 0 Å². The number of carbonyl (C=O) groups is 2. The molecule has 0 saturated heterocycles. The Balaban J connectivity index is 1.66. The van der Waals surface area contributed by atoms with Crippen LogP contribution in [-0.2, 0) is 27.4 Å². The highest BCUT2D eigenvalue weighted by Gasteiger charge is 2.16. The highest BCUT2D eigenvalue weighted by molar-refractivity contribution is 5.92. The van der Waals surface area contributed by atoms with Gasteiger partial charge in [-0.3, -0.25) is 18.7 Å². The molecule has 0 aliphatic rings. The molecule has 1 amide bonds. The van der Waals surface area contributed by atoms with Gasteiger partial charge in [0.15, 0.2) is 12.4 Å². The fourth-order valence-corrected chi connectivity index (χ4v) is 2.79. The number of amides is 1. The Hall–Kier alpha value is -3.36. The Kier molecular flexibility index (Phi) is 5.39. The third-order valence-electron chi connectivity index (χ3n) is 3.92. The summed E-state index contributed by atoms with van der Waals surface area (Å²) in [5, 5.41) is 6.07. The lowest BCUT2D eigenvalue weighted by Crippen LogP contribution is -2.29. The summed E-state index contributed by atoms with van der Waals surface area (Å²) in [4.78, 5) is 36.6. The number of esters is 1. The van der Waals surface area contributed by atoms with Gasteiger partial charge in [-0.15, -0.1) is 0 Å². The van der Waals surface area contributed by atoms with Crippen LogP contribution < -0.4 is 11.0 Å². The maximum atomic E-state index is 12.6. The summed E-state index contributed by atoms with van der Waals surface area (Å²) in [5.41, 5.74) is 1.13. The van der Waals surface area contributed by atoms with E-state index < -0.39 is 18.5 Å². The second-order valence-corrected chi connectivity index (χ2v) is 6.04. The van der Waals surface area contributed by atoms with E-state index in [1.165, 1.54) is 4.57 Å². The topological polar surface area (TPSA) is 108 Å². The molecular weight excluding hydrogens is 352 g/mol. The van der Waals surface area contributed by atoms with Crippen LogP contribution >= 0.6 is 0 Å². The molecule has 2 aromatic heterocycles. The first kappa shape index (κ1) is 18.4. The Bertz CT molecular complexity index is 1030. The highest BCUT2D eigenvalue weighted by Crippen LogP contribution is 2.13. The van der Waals surface area contributed by atoms with E-state index in [-0.39, 0.29) is 18.1 Å². The van der Waals surface area contributed by atoms with Gasteiger partial charge in [-0.25, -0.2) is 4.79 Å². The van der Waals surface area contributed by atoms with Crippen molar-refractivity contribution < 1.29 is 18.8 Å². The minimum absolute atomic E-state index is 0.243. The van der Waals surface area contributed by atoms with Crippen LogP contribution in [-0.4, -0.2) is 32.8 Å². The second-order valence-electron chi connectivity index (χ2n) is 6.04. The van der Waals surface area contributed by atoms with Gasteiger partial charge in [0.25, 0.3) is 5.91 Å². The second kappa shape index (κ2) is 7.90. The lowest BCUT2D eigenvalue weighted by atomic mass is 10.3. The van der Waals surface area contributed by atoms with E-state index in [0.29, 0.717) is 17.8 Å². The Morgan fingerprint density at radius 3 is 2.56 bits per heavy atom. The van der Waals surface area contributed by atoms with Crippen molar-refractivity contribution in [2.75, 3.05) is 11.9 Å². The minimum atomic E-state index is -0.678. The number of aromatic nitrogens is 3. The third kappa shape index (κ3) is 4.08. The maximum Gasteiger partial charge on any atom is 0.329 e. The molecule has 0 spiro atoms. The van der Waals surface area contributed by atoms with Crippen molar-refractivity contribution in [3.8, 4) is 0 Å². The van der Waals surface area contributed by atoms with Gasteiger partial charge in [-0.05, 0) is 25.5 Å². The van der Waals surface area contributed by atoms with Crippen LogP contribution in [0.25, 0.3) is 11.0 Å². The molecule has 3 aromatic rings. The summed E-state index contributed by atoms with van der Waals surface area (Å²) in [6, 6.07) is 8.79. The molecular formula is C18H20N4O5. The number of fused-ring (bicyclic) bond motifs is 1. The minimum Gasteiger partial charge on any atom is -0.454 e. The van der Waals surface area contributed by atoms with Crippen LogP contribution in [0.3, 0.4) is 0 Å². The Morgan fingerprint density at radius 1 is 1.22 bits per heavy atom. The average molecular weight is 372 g/mol. The van der Waals surface area contributed by atoms with Crippen molar-refractivity contribution in [3.63, 3.8) is 0 Å². The number of carbonyl (C=O) groups excluding carboxylic acids is 2. The molecule has 0 fully saturated rings. The normalized spacial score (nSPS) is 10.9. The van der Waals surface area contributed by atoms with Crippen molar-refractivity contribution in [2.45, 2.75) is 33.4 Å². The molecule has 1 N–H and O–H groups in total. The van der Waals surface area contributed by atoms with Crippen LogP contribution in [0.1, 0.15) is 19.1 Å². The molecule has 0 unspecified atom stereocenters. The van der Waals surface area contributed by atoms with Crippen molar-refractivity contribution in [1.82, 2.24) is 14.3 Å². The number of aryl methyl sites for hydroxylation is 2. The number of para-hydroxylation sites is 2. The number of nitrogens with zero attached hydrogens (tertiary/aromatic N) is 3. The zero-order valence-corrected chi connectivity index (χ0v) is 15.1. The van der Waals surface area contributed by atoms with Crippen LogP contribution in [0.4, 0.5) is 5.82 Å². The van der Waals surface area contributed by atoms with Gasteiger partial charge in [-0.2, -0.15) is 0 Å².